The van der Waals surface area contributed by atoms with E-state index < -0.39 is 0 Å². The van der Waals surface area contributed by atoms with Crippen molar-refractivity contribution in [3.63, 3.8) is 0 Å². The monoisotopic (exact) mass is 622 g/mol. The fraction of sp³-hybridized carbons (Fsp3) is 0. The first-order chi connectivity index (χ1) is 24.3. The van der Waals surface area contributed by atoms with Crippen molar-refractivity contribution in [2.75, 3.05) is 0 Å². The van der Waals surface area contributed by atoms with Gasteiger partial charge >= 0.3 is 0 Å². The minimum atomic E-state index is 0.901. The molecular formula is C48H30O. The molecule has 0 aliphatic carbocycles. The second-order valence-corrected chi connectivity index (χ2v) is 12.8. The van der Waals surface area contributed by atoms with Gasteiger partial charge in [0.05, 0.1) is 0 Å². The summed E-state index contributed by atoms with van der Waals surface area (Å²) < 4.78 is 6.58. The van der Waals surface area contributed by atoms with Gasteiger partial charge in [0.1, 0.15) is 11.2 Å². The number of hydrogen-bond donors (Lipinski definition) is 0. The maximum absolute atomic E-state index is 6.58. The zero-order valence-electron chi connectivity index (χ0n) is 26.7. The highest BCUT2D eigenvalue weighted by Gasteiger charge is 2.18. The van der Waals surface area contributed by atoms with Gasteiger partial charge in [0.25, 0.3) is 0 Å². The van der Waals surface area contributed by atoms with E-state index in [1.807, 2.05) is 6.07 Å². The van der Waals surface area contributed by atoms with Crippen molar-refractivity contribution in [3.8, 4) is 44.5 Å². The predicted molar refractivity (Wildman–Crippen MR) is 208 cm³/mol. The molecular weight excluding hydrogens is 593 g/mol. The van der Waals surface area contributed by atoms with Crippen LogP contribution in [-0.2, 0) is 0 Å². The van der Waals surface area contributed by atoms with Gasteiger partial charge in [-0.15, -0.1) is 0 Å². The van der Waals surface area contributed by atoms with Gasteiger partial charge < -0.3 is 4.42 Å². The van der Waals surface area contributed by atoms with Crippen molar-refractivity contribution in [1.29, 1.82) is 0 Å². The highest BCUT2D eigenvalue weighted by Crippen LogP contribution is 2.45. The number of benzene rings is 9. The number of hydrogen-bond acceptors (Lipinski definition) is 1. The van der Waals surface area contributed by atoms with Crippen molar-refractivity contribution in [2.45, 2.75) is 0 Å². The summed E-state index contributed by atoms with van der Waals surface area (Å²) in [6, 6.07) is 65.7. The van der Waals surface area contributed by atoms with E-state index >= 15 is 0 Å². The molecule has 1 nitrogen and oxygen atoms in total. The molecule has 0 bridgehead atoms. The van der Waals surface area contributed by atoms with Crippen LogP contribution in [0.3, 0.4) is 0 Å². The van der Waals surface area contributed by atoms with Gasteiger partial charge in [0, 0.05) is 10.8 Å². The minimum Gasteiger partial charge on any atom is -0.456 e. The maximum Gasteiger partial charge on any atom is 0.136 e. The van der Waals surface area contributed by atoms with Crippen LogP contribution in [0.5, 0.6) is 0 Å². The molecule has 0 spiro atoms. The van der Waals surface area contributed by atoms with E-state index in [0.29, 0.717) is 0 Å². The molecule has 10 rings (SSSR count). The standard InChI is InChI=1S/C48H30O/c1-3-12-31(13-4-1)34-24-26-38-39-27-25-36(30-46(39)49-45(38)29-34)48-42-19-9-7-17-40(42)47(41-18-8-10-20-43(41)48)35-23-22-33-16-11-21-37(44(33)28-35)32-14-5-2-6-15-32/h1-30H. The van der Waals surface area contributed by atoms with E-state index in [1.165, 1.54) is 65.7 Å². The number of furan rings is 1. The topological polar surface area (TPSA) is 13.1 Å². The molecule has 0 radical (unpaired) electrons. The summed E-state index contributed by atoms with van der Waals surface area (Å²) in [7, 11) is 0. The molecule has 0 N–H and O–H groups in total. The molecule has 49 heavy (non-hydrogen) atoms. The third kappa shape index (κ3) is 4.47. The zero-order valence-corrected chi connectivity index (χ0v) is 26.7. The second-order valence-electron chi connectivity index (χ2n) is 12.8. The van der Waals surface area contributed by atoms with Crippen LogP contribution in [0.15, 0.2) is 186 Å². The summed E-state index contributed by atoms with van der Waals surface area (Å²) in [6.45, 7) is 0. The molecule has 0 saturated carbocycles. The second kappa shape index (κ2) is 11.1. The van der Waals surface area contributed by atoms with Crippen LogP contribution < -0.4 is 0 Å². The highest BCUT2D eigenvalue weighted by atomic mass is 16.3. The van der Waals surface area contributed by atoms with E-state index in [-0.39, 0.29) is 0 Å². The lowest BCUT2D eigenvalue weighted by Crippen LogP contribution is -1.91. The van der Waals surface area contributed by atoms with E-state index in [9.17, 15) is 0 Å². The summed E-state index contributed by atoms with van der Waals surface area (Å²) >= 11 is 0. The van der Waals surface area contributed by atoms with Crippen molar-refractivity contribution in [1.82, 2.24) is 0 Å². The Hall–Kier alpha value is -6.44. The minimum absolute atomic E-state index is 0.901. The van der Waals surface area contributed by atoms with E-state index in [0.717, 1.165) is 33.1 Å². The first-order valence-electron chi connectivity index (χ1n) is 16.8. The molecule has 0 amide bonds. The van der Waals surface area contributed by atoms with Gasteiger partial charge in [-0.3, -0.25) is 0 Å². The van der Waals surface area contributed by atoms with Crippen LogP contribution in [0.1, 0.15) is 0 Å². The summed E-state index contributed by atoms with van der Waals surface area (Å²) in [5, 5.41) is 9.71. The van der Waals surface area contributed by atoms with Gasteiger partial charge in [-0.05, 0) is 107 Å². The van der Waals surface area contributed by atoms with Crippen molar-refractivity contribution >= 4 is 54.3 Å². The largest absolute Gasteiger partial charge is 0.456 e. The van der Waals surface area contributed by atoms with Crippen LogP contribution in [0.2, 0.25) is 0 Å². The molecule has 0 fully saturated rings. The van der Waals surface area contributed by atoms with E-state index in [2.05, 4.69) is 176 Å². The molecule has 0 aliphatic heterocycles. The van der Waals surface area contributed by atoms with Crippen molar-refractivity contribution in [3.05, 3.63) is 182 Å². The average molecular weight is 623 g/mol. The quantitative estimate of drug-likeness (QED) is 0.178. The fourth-order valence-electron chi connectivity index (χ4n) is 7.79. The zero-order chi connectivity index (χ0) is 32.3. The van der Waals surface area contributed by atoms with Crippen LogP contribution in [0, 0.1) is 0 Å². The van der Waals surface area contributed by atoms with Crippen molar-refractivity contribution < 1.29 is 4.42 Å². The summed E-state index contributed by atoms with van der Waals surface area (Å²) in [5.41, 5.74) is 11.5. The lowest BCUT2D eigenvalue weighted by Gasteiger charge is -2.18. The average Bonchev–Trinajstić information content (AvgIpc) is 3.54. The van der Waals surface area contributed by atoms with Crippen LogP contribution in [0.4, 0.5) is 0 Å². The smallest absolute Gasteiger partial charge is 0.136 e. The Balaban J connectivity index is 1.19. The highest BCUT2D eigenvalue weighted by molar-refractivity contribution is 6.22. The Morgan fingerprint density at radius 2 is 0.755 bits per heavy atom. The molecule has 1 heteroatoms. The number of fused-ring (bicyclic) bond motifs is 6. The Labute approximate surface area is 284 Å². The van der Waals surface area contributed by atoms with Crippen molar-refractivity contribution in [2.24, 2.45) is 0 Å². The normalized spacial score (nSPS) is 11.7. The molecule has 9 aromatic carbocycles. The van der Waals surface area contributed by atoms with Crippen LogP contribution >= 0.6 is 0 Å². The summed E-state index contributed by atoms with van der Waals surface area (Å²) in [6.07, 6.45) is 0. The Kier molecular flexibility index (Phi) is 6.25. The molecule has 10 aromatic rings. The third-order valence-corrected chi connectivity index (χ3v) is 10.1. The number of rotatable bonds is 4. The SMILES string of the molecule is c1ccc(-c2ccc3c(c2)oc2cc(-c4c5ccccc5c(-c5ccc6cccc(-c7ccccc7)c6c5)c5ccccc45)ccc23)cc1. The fourth-order valence-corrected chi connectivity index (χ4v) is 7.79. The lowest BCUT2D eigenvalue weighted by atomic mass is 9.85. The molecule has 0 atom stereocenters. The van der Waals surface area contributed by atoms with Crippen LogP contribution in [0.25, 0.3) is 98.8 Å². The summed E-state index contributed by atoms with van der Waals surface area (Å²) in [5.74, 6) is 0. The lowest BCUT2D eigenvalue weighted by molar-refractivity contribution is 0.669. The Bertz CT molecular complexity index is 2800. The summed E-state index contributed by atoms with van der Waals surface area (Å²) in [4.78, 5) is 0. The van der Waals surface area contributed by atoms with Gasteiger partial charge in [0.15, 0.2) is 0 Å². The first-order valence-corrected chi connectivity index (χ1v) is 16.8. The van der Waals surface area contributed by atoms with E-state index in [1.54, 1.807) is 0 Å². The first kappa shape index (κ1) is 27.7. The van der Waals surface area contributed by atoms with Gasteiger partial charge in [-0.25, -0.2) is 0 Å². The Morgan fingerprint density at radius 1 is 0.265 bits per heavy atom. The van der Waals surface area contributed by atoms with Gasteiger partial charge in [-0.2, -0.15) is 0 Å². The van der Waals surface area contributed by atoms with Crippen LogP contribution in [-0.4, -0.2) is 0 Å². The molecule has 0 saturated heterocycles. The predicted octanol–water partition coefficient (Wildman–Crippen LogP) is 13.7. The molecule has 0 aliphatic rings. The molecule has 228 valence electrons. The molecule has 0 unspecified atom stereocenters. The third-order valence-electron chi connectivity index (χ3n) is 10.1. The van der Waals surface area contributed by atoms with E-state index in [4.69, 9.17) is 4.42 Å². The van der Waals surface area contributed by atoms with Gasteiger partial charge in [0.2, 0.25) is 0 Å². The Morgan fingerprint density at radius 3 is 1.37 bits per heavy atom. The van der Waals surface area contributed by atoms with Gasteiger partial charge in [-0.1, -0.05) is 152 Å². The molecule has 1 heterocycles. The molecule has 1 aromatic heterocycles. The maximum atomic E-state index is 6.58.